The monoisotopic (exact) mass is 516 g/mol. The number of carbonyl (C=O) groups excluding carboxylic acids is 1. The number of likely N-dealkylation sites (tertiary alicyclic amines) is 2. The number of aryl methyl sites for hydroxylation is 1. The summed E-state index contributed by atoms with van der Waals surface area (Å²) in [6, 6.07) is 8.08. The third-order valence-electron chi connectivity index (χ3n) is 7.67. The Labute approximate surface area is 213 Å². The van der Waals surface area contributed by atoms with Gasteiger partial charge in [0.05, 0.1) is 19.5 Å². The maximum Gasteiger partial charge on any atom is 0.344 e. The van der Waals surface area contributed by atoms with Crippen molar-refractivity contribution in [2.75, 3.05) is 68.4 Å². The second kappa shape index (κ2) is 10.0. The smallest absolute Gasteiger partial charge is 0.344 e. The Morgan fingerprint density at radius 1 is 1.08 bits per heavy atom. The number of carbonyl (C=O) groups is 1. The number of nitrogens with zero attached hydrogens (tertiary/aromatic N) is 5. The number of rotatable bonds is 5. The summed E-state index contributed by atoms with van der Waals surface area (Å²) in [5.41, 5.74) is 4.24. The second-order valence-electron chi connectivity index (χ2n) is 10.5. The van der Waals surface area contributed by atoms with Crippen molar-refractivity contribution in [3.63, 3.8) is 0 Å². The lowest BCUT2D eigenvalue weighted by Gasteiger charge is -2.39. The Kier molecular flexibility index (Phi) is 6.97. The number of piperidine rings is 1. The third-order valence-corrected chi connectivity index (χ3v) is 8.25. The number of hydrogen-bond acceptors (Lipinski definition) is 7. The Bertz CT molecular complexity index is 1200. The van der Waals surface area contributed by atoms with E-state index in [-0.39, 0.29) is 17.3 Å². The molecule has 4 heterocycles. The summed E-state index contributed by atoms with van der Waals surface area (Å²) in [6.07, 6.45) is 5.65. The molecule has 3 aliphatic heterocycles. The molecule has 196 valence electrons. The van der Waals surface area contributed by atoms with Gasteiger partial charge < -0.3 is 14.5 Å². The van der Waals surface area contributed by atoms with Gasteiger partial charge in [-0.05, 0) is 55.3 Å². The molecule has 1 amide bonds. The summed E-state index contributed by atoms with van der Waals surface area (Å²) in [6.45, 7) is 10.0. The quantitative estimate of drug-likeness (QED) is 0.651. The number of morpholine rings is 1. The fourth-order valence-electron chi connectivity index (χ4n) is 5.71. The molecule has 11 heteroatoms. The number of aromatic nitrogens is 2. The fourth-order valence-corrected chi connectivity index (χ4v) is 6.20. The molecule has 0 unspecified atom stereocenters. The number of ether oxygens (including phenoxy) is 1. The van der Waals surface area contributed by atoms with Gasteiger partial charge in [-0.3, -0.25) is 9.62 Å². The van der Waals surface area contributed by atoms with Crippen molar-refractivity contribution < 1.29 is 17.9 Å². The van der Waals surface area contributed by atoms with Gasteiger partial charge in [-0.25, -0.2) is 13.2 Å². The SMILES string of the molecule is Cc1ccc(CN2CCC3(CCN(C(=O)n4ccc(NS(C)(=O)=O)n4)CC3)C2)c(N2CCOCC2)c1. The van der Waals surface area contributed by atoms with E-state index in [0.717, 1.165) is 71.5 Å². The van der Waals surface area contributed by atoms with Crippen LogP contribution in [0.5, 0.6) is 0 Å². The number of hydrogen-bond donors (Lipinski definition) is 1. The second-order valence-corrected chi connectivity index (χ2v) is 12.2. The van der Waals surface area contributed by atoms with Crippen molar-refractivity contribution in [2.24, 2.45) is 5.41 Å². The van der Waals surface area contributed by atoms with E-state index in [1.807, 2.05) is 4.90 Å². The largest absolute Gasteiger partial charge is 0.378 e. The van der Waals surface area contributed by atoms with E-state index in [2.05, 4.69) is 44.7 Å². The average Bonchev–Trinajstić information content (AvgIpc) is 3.47. The molecular formula is C25H36N6O4S. The first-order chi connectivity index (χ1) is 17.2. The van der Waals surface area contributed by atoms with Crippen LogP contribution in [0.1, 0.15) is 30.4 Å². The van der Waals surface area contributed by atoms with Crippen LogP contribution in [-0.4, -0.2) is 92.8 Å². The summed E-state index contributed by atoms with van der Waals surface area (Å²) in [5.74, 6) is 0.151. The Morgan fingerprint density at radius 3 is 2.53 bits per heavy atom. The Balaban J connectivity index is 1.18. The van der Waals surface area contributed by atoms with Crippen molar-refractivity contribution in [1.29, 1.82) is 0 Å². The van der Waals surface area contributed by atoms with Gasteiger partial charge in [-0.15, -0.1) is 5.10 Å². The molecular weight excluding hydrogens is 480 g/mol. The minimum absolute atomic E-state index is 0.151. The highest BCUT2D eigenvalue weighted by Crippen LogP contribution is 2.41. The summed E-state index contributed by atoms with van der Waals surface area (Å²) < 4.78 is 31.9. The van der Waals surface area contributed by atoms with Gasteiger partial charge in [0.15, 0.2) is 5.82 Å². The normalized spacial score (nSPS) is 20.7. The zero-order valence-electron chi connectivity index (χ0n) is 21.1. The number of amides is 1. The van der Waals surface area contributed by atoms with Crippen LogP contribution < -0.4 is 9.62 Å². The average molecular weight is 517 g/mol. The van der Waals surface area contributed by atoms with Crippen LogP contribution in [0.25, 0.3) is 0 Å². The van der Waals surface area contributed by atoms with Gasteiger partial charge in [-0.1, -0.05) is 12.1 Å². The van der Waals surface area contributed by atoms with Crippen LogP contribution in [0.3, 0.4) is 0 Å². The highest BCUT2D eigenvalue weighted by Gasteiger charge is 2.41. The molecule has 1 N–H and O–H groups in total. The van der Waals surface area contributed by atoms with E-state index < -0.39 is 10.0 Å². The van der Waals surface area contributed by atoms with Crippen molar-refractivity contribution in [3.8, 4) is 0 Å². The van der Waals surface area contributed by atoms with Crippen LogP contribution in [0.4, 0.5) is 16.3 Å². The van der Waals surface area contributed by atoms with Crippen LogP contribution in [-0.2, 0) is 21.3 Å². The molecule has 3 saturated heterocycles. The zero-order chi connectivity index (χ0) is 25.3. The highest BCUT2D eigenvalue weighted by atomic mass is 32.2. The molecule has 1 spiro atoms. The first-order valence-electron chi connectivity index (χ1n) is 12.7. The van der Waals surface area contributed by atoms with E-state index in [0.29, 0.717) is 13.1 Å². The van der Waals surface area contributed by atoms with Gasteiger partial charge in [0.25, 0.3) is 0 Å². The van der Waals surface area contributed by atoms with Gasteiger partial charge in [0.2, 0.25) is 10.0 Å². The van der Waals surface area contributed by atoms with Crippen molar-refractivity contribution >= 4 is 27.6 Å². The molecule has 0 saturated carbocycles. The molecule has 3 aliphatic rings. The molecule has 5 rings (SSSR count). The van der Waals surface area contributed by atoms with Crippen LogP contribution in [0.2, 0.25) is 0 Å². The number of sulfonamides is 1. The lowest BCUT2D eigenvalue weighted by Crippen LogP contribution is -2.45. The highest BCUT2D eigenvalue weighted by molar-refractivity contribution is 7.92. The molecule has 1 aromatic heterocycles. The zero-order valence-corrected chi connectivity index (χ0v) is 22.0. The van der Waals surface area contributed by atoms with E-state index >= 15 is 0 Å². The van der Waals surface area contributed by atoms with Crippen LogP contribution in [0, 0.1) is 12.3 Å². The minimum atomic E-state index is -3.43. The minimum Gasteiger partial charge on any atom is -0.378 e. The summed E-state index contributed by atoms with van der Waals surface area (Å²) in [7, 11) is -3.43. The number of nitrogens with one attached hydrogen (secondary N) is 1. The molecule has 3 fully saturated rings. The maximum atomic E-state index is 12.9. The summed E-state index contributed by atoms with van der Waals surface area (Å²) in [5, 5.41) is 4.09. The first kappa shape index (κ1) is 25.0. The van der Waals surface area contributed by atoms with E-state index in [9.17, 15) is 13.2 Å². The maximum absolute atomic E-state index is 12.9. The van der Waals surface area contributed by atoms with Crippen molar-refractivity contribution in [2.45, 2.75) is 32.7 Å². The van der Waals surface area contributed by atoms with Gasteiger partial charge in [0, 0.05) is 57.2 Å². The summed E-state index contributed by atoms with van der Waals surface area (Å²) in [4.78, 5) is 19.8. The molecule has 0 atom stereocenters. The van der Waals surface area contributed by atoms with Crippen LogP contribution in [0.15, 0.2) is 30.5 Å². The molecule has 0 aliphatic carbocycles. The Morgan fingerprint density at radius 2 is 1.81 bits per heavy atom. The third kappa shape index (κ3) is 5.68. The Hall–Kier alpha value is -2.63. The molecule has 10 nitrogen and oxygen atoms in total. The lowest BCUT2D eigenvalue weighted by atomic mass is 9.78. The summed E-state index contributed by atoms with van der Waals surface area (Å²) >= 11 is 0. The fraction of sp³-hybridized carbons (Fsp3) is 0.600. The predicted molar refractivity (Wildman–Crippen MR) is 139 cm³/mol. The predicted octanol–water partition coefficient (Wildman–Crippen LogP) is 2.36. The van der Waals surface area contributed by atoms with Gasteiger partial charge in [0.1, 0.15) is 0 Å². The molecule has 1 aromatic carbocycles. The molecule has 0 radical (unpaired) electrons. The van der Waals surface area contributed by atoms with E-state index in [1.165, 1.54) is 33.8 Å². The van der Waals surface area contributed by atoms with Gasteiger partial charge in [-0.2, -0.15) is 4.68 Å². The number of benzene rings is 1. The molecule has 0 bridgehead atoms. The van der Waals surface area contributed by atoms with Crippen molar-refractivity contribution in [1.82, 2.24) is 19.6 Å². The standard InChI is InChI=1S/C25H36N6O4S/c1-20-3-4-21(22(17-20)29-13-15-35-16-14-29)18-28-10-6-25(19-28)7-11-30(12-8-25)24(32)31-9-5-23(26-31)27-36(2,33)34/h3-5,9,17H,6-8,10-16,18-19H2,1-2H3,(H,26,27). The molecule has 36 heavy (non-hydrogen) atoms. The topological polar surface area (TPSA) is 100 Å². The van der Waals surface area contributed by atoms with Crippen molar-refractivity contribution in [3.05, 3.63) is 41.6 Å². The van der Waals surface area contributed by atoms with E-state index in [1.54, 1.807) is 0 Å². The lowest BCUT2D eigenvalue weighted by molar-refractivity contribution is 0.117. The first-order valence-corrected chi connectivity index (χ1v) is 14.6. The van der Waals surface area contributed by atoms with E-state index in [4.69, 9.17) is 4.74 Å². The van der Waals surface area contributed by atoms with Gasteiger partial charge >= 0.3 is 6.03 Å². The number of anilines is 2. The molecule has 2 aromatic rings. The van der Waals surface area contributed by atoms with Crippen LogP contribution >= 0.6 is 0 Å².